The molecule has 2 aromatic carbocycles. The van der Waals surface area contributed by atoms with Crippen molar-refractivity contribution in [3.05, 3.63) is 54.1 Å². The zero-order valence-corrected chi connectivity index (χ0v) is 9.97. The van der Waals surface area contributed by atoms with E-state index in [0.717, 1.165) is 27.4 Å². The van der Waals surface area contributed by atoms with E-state index in [-0.39, 0.29) is 0 Å². The minimum absolute atomic E-state index is 0.717. The molecular formula is C16H11NO. The standard InChI is InChI=1S/C16H11NO/c1-10-5-4-8-15-12(10)9-13-11-6-2-3-7-14(11)17-16(13)18-15/h2-9H,1H3. The summed E-state index contributed by atoms with van der Waals surface area (Å²) >= 11 is 0. The van der Waals surface area contributed by atoms with Gasteiger partial charge in [0.15, 0.2) is 0 Å². The van der Waals surface area contributed by atoms with Crippen LogP contribution < -0.4 is 0 Å². The number of hydrogen-bond donors (Lipinski definition) is 0. The third-order valence-corrected chi connectivity index (χ3v) is 3.43. The molecule has 86 valence electrons. The monoisotopic (exact) mass is 233 g/mol. The van der Waals surface area contributed by atoms with Crippen LogP contribution in [0, 0.1) is 6.92 Å². The van der Waals surface area contributed by atoms with Crippen molar-refractivity contribution in [3.8, 4) is 11.5 Å². The first kappa shape index (κ1) is 9.66. The molecule has 0 radical (unpaired) electrons. The van der Waals surface area contributed by atoms with Gasteiger partial charge in [0.25, 0.3) is 0 Å². The molecule has 0 aromatic heterocycles. The van der Waals surface area contributed by atoms with Crippen LogP contribution in [0.5, 0.6) is 0 Å². The lowest BCUT2D eigenvalue weighted by molar-refractivity contribution is 0.605. The van der Waals surface area contributed by atoms with Gasteiger partial charge in [0.2, 0.25) is 5.89 Å². The number of para-hydroxylation sites is 1. The van der Waals surface area contributed by atoms with Gasteiger partial charge in [0.05, 0.1) is 5.52 Å². The number of hydrogen-bond acceptors (Lipinski definition) is 2. The summed E-state index contributed by atoms with van der Waals surface area (Å²) in [6.07, 6.45) is 0. The van der Waals surface area contributed by atoms with Crippen molar-refractivity contribution in [2.75, 3.05) is 0 Å². The van der Waals surface area contributed by atoms with Gasteiger partial charge in [0.1, 0.15) is 5.58 Å². The number of rotatable bonds is 0. The second-order valence-corrected chi connectivity index (χ2v) is 4.58. The van der Waals surface area contributed by atoms with Crippen LogP contribution in [0.1, 0.15) is 5.56 Å². The normalized spacial score (nSPS) is 11.6. The molecule has 0 saturated carbocycles. The van der Waals surface area contributed by atoms with Gasteiger partial charge in [-0.05, 0) is 30.7 Å². The minimum atomic E-state index is 0.717. The highest BCUT2D eigenvalue weighted by atomic mass is 16.3. The maximum Gasteiger partial charge on any atom is 0.227 e. The van der Waals surface area contributed by atoms with Crippen LogP contribution in [0.15, 0.2) is 52.9 Å². The van der Waals surface area contributed by atoms with Gasteiger partial charge in [0, 0.05) is 16.3 Å². The molecule has 2 aromatic rings. The summed E-state index contributed by atoms with van der Waals surface area (Å²) in [4.78, 5) is 4.53. The van der Waals surface area contributed by atoms with Gasteiger partial charge in [-0.1, -0.05) is 30.3 Å². The molecule has 0 unspecified atom stereocenters. The fourth-order valence-electron chi connectivity index (χ4n) is 2.48. The molecule has 0 bridgehead atoms. The number of aryl methyl sites for hydroxylation is 1. The summed E-state index contributed by atoms with van der Waals surface area (Å²) in [6, 6.07) is 16.4. The van der Waals surface area contributed by atoms with Crippen molar-refractivity contribution in [2.24, 2.45) is 0 Å². The quantitative estimate of drug-likeness (QED) is 0.450. The van der Waals surface area contributed by atoms with Crippen LogP contribution in [0.2, 0.25) is 0 Å². The van der Waals surface area contributed by atoms with Crippen LogP contribution in [0.3, 0.4) is 0 Å². The first-order valence-corrected chi connectivity index (χ1v) is 6.00. The molecule has 2 aliphatic rings. The summed E-state index contributed by atoms with van der Waals surface area (Å²) in [5.41, 5.74) is 4.20. The zero-order valence-electron chi connectivity index (χ0n) is 9.97. The minimum Gasteiger partial charge on any atom is -0.438 e. The predicted molar refractivity (Wildman–Crippen MR) is 72.9 cm³/mol. The van der Waals surface area contributed by atoms with E-state index in [1.165, 1.54) is 5.56 Å². The highest BCUT2D eigenvalue weighted by Gasteiger charge is 2.15. The van der Waals surface area contributed by atoms with E-state index in [2.05, 4.69) is 30.1 Å². The van der Waals surface area contributed by atoms with Crippen molar-refractivity contribution >= 4 is 21.9 Å². The van der Waals surface area contributed by atoms with E-state index in [4.69, 9.17) is 4.42 Å². The maximum atomic E-state index is 5.90. The smallest absolute Gasteiger partial charge is 0.227 e. The van der Waals surface area contributed by atoms with E-state index in [0.29, 0.717) is 5.89 Å². The van der Waals surface area contributed by atoms with Gasteiger partial charge in [-0.25, -0.2) is 4.98 Å². The van der Waals surface area contributed by atoms with Crippen molar-refractivity contribution in [3.63, 3.8) is 0 Å². The lowest BCUT2D eigenvalue weighted by atomic mass is 10.1. The average Bonchev–Trinajstić information content (AvgIpc) is 2.75. The lowest BCUT2D eigenvalue weighted by Crippen LogP contribution is -1.82. The second kappa shape index (κ2) is 3.33. The van der Waals surface area contributed by atoms with E-state index in [9.17, 15) is 0 Å². The highest BCUT2D eigenvalue weighted by Crippen LogP contribution is 2.35. The van der Waals surface area contributed by atoms with E-state index in [1.54, 1.807) is 0 Å². The maximum absolute atomic E-state index is 5.90. The molecule has 0 saturated heterocycles. The summed E-state index contributed by atoms with van der Waals surface area (Å²) in [6.45, 7) is 2.10. The Morgan fingerprint density at radius 1 is 0.944 bits per heavy atom. The molecular weight excluding hydrogens is 222 g/mol. The number of aromatic nitrogens is 1. The summed E-state index contributed by atoms with van der Waals surface area (Å²) < 4.78 is 5.90. The zero-order chi connectivity index (χ0) is 12.1. The Hall–Kier alpha value is -2.35. The number of fused-ring (bicyclic) bond motifs is 4. The number of nitrogens with zero attached hydrogens (tertiary/aromatic N) is 1. The second-order valence-electron chi connectivity index (χ2n) is 4.58. The van der Waals surface area contributed by atoms with Crippen LogP contribution >= 0.6 is 0 Å². The lowest BCUT2D eigenvalue weighted by Gasteiger charge is -2.04. The van der Waals surface area contributed by atoms with E-state index in [1.807, 2.05) is 30.3 Å². The summed E-state index contributed by atoms with van der Waals surface area (Å²) in [5, 5.41) is 2.31. The average molecular weight is 233 g/mol. The molecule has 0 amide bonds. The van der Waals surface area contributed by atoms with E-state index >= 15 is 0 Å². The van der Waals surface area contributed by atoms with Gasteiger partial charge in [-0.3, -0.25) is 0 Å². The molecule has 2 heteroatoms. The molecule has 0 N–H and O–H groups in total. The predicted octanol–water partition coefficient (Wildman–Crippen LogP) is 4.39. The topological polar surface area (TPSA) is 26.0 Å². The molecule has 0 fully saturated rings. The highest BCUT2D eigenvalue weighted by molar-refractivity contribution is 5.99. The Morgan fingerprint density at radius 3 is 2.78 bits per heavy atom. The Balaban J connectivity index is 2.25. The Kier molecular flexibility index (Phi) is 1.78. The molecule has 2 nitrogen and oxygen atoms in total. The number of benzene rings is 2. The van der Waals surface area contributed by atoms with Gasteiger partial charge >= 0.3 is 0 Å². The third-order valence-electron chi connectivity index (χ3n) is 3.43. The molecule has 0 atom stereocenters. The molecule has 2 heterocycles. The summed E-state index contributed by atoms with van der Waals surface area (Å²) in [5.74, 6) is 0.717. The molecule has 4 rings (SSSR count). The van der Waals surface area contributed by atoms with Crippen LogP contribution in [-0.4, -0.2) is 4.98 Å². The van der Waals surface area contributed by atoms with Gasteiger partial charge in [-0.2, -0.15) is 0 Å². The van der Waals surface area contributed by atoms with Crippen molar-refractivity contribution < 1.29 is 4.42 Å². The Morgan fingerprint density at radius 2 is 1.83 bits per heavy atom. The Bertz CT molecular complexity index is 844. The Labute approximate surface area is 104 Å². The van der Waals surface area contributed by atoms with Gasteiger partial charge < -0.3 is 4.42 Å². The first-order chi connectivity index (χ1) is 8.83. The first-order valence-electron chi connectivity index (χ1n) is 6.00. The van der Waals surface area contributed by atoms with Gasteiger partial charge in [-0.15, -0.1) is 0 Å². The largest absolute Gasteiger partial charge is 0.438 e. The van der Waals surface area contributed by atoms with Crippen LogP contribution in [0.25, 0.3) is 33.3 Å². The van der Waals surface area contributed by atoms with Crippen molar-refractivity contribution in [2.45, 2.75) is 6.92 Å². The molecule has 2 aliphatic heterocycles. The third kappa shape index (κ3) is 1.20. The molecule has 0 aliphatic carbocycles. The fraction of sp³-hybridized carbons (Fsp3) is 0.0625. The fourth-order valence-corrected chi connectivity index (χ4v) is 2.48. The van der Waals surface area contributed by atoms with Crippen molar-refractivity contribution in [1.29, 1.82) is 0 Å². The van der Waals surface area contributed by atoms with Crippen molar-refractivity contribution in [1.82, 2.24) is 4.98 Å². The molecule has 18 heavy (non-hydrogen) atoms. The molecule has 0 spiro atoms. The van der Waals surface area contributed by atoms with Crippen LogP contribution in [0.4, 0.5) is 0 Å². The summed E-state index contributed by atoms with van der Waals surface area (Å²) in [7, 11) is 0. The van der Waals surface area contributed by atoms with E-state index < -0.39 is 0 Å². The SMILES string of the molecule is Cc1cccc2oc3nc4ccccc4c-3cc12. The van der Waals surface area contributed by atoms with Crippen LogP contribution in [-0.2, 0) is 0 Å².